The molecule has 0 amide bonds. The minimum atomic E-state index is 0.366. The summed E-state index contributed by atoms with van der Waals surface area (Å²) in [5, 5.41) is 9.43. The molecule has 3 nitrogen and oxygen atoms in total. The van der Waals surface area contributed by atoms with Crippen LogP contribution in [0.2, 0.25) is 0 Å². The summed E-state index contributed by atoms with van der Waals surface area (Å²) in [7, 11) is 4.32. The van der Waals surface area contributed by atoms with Crippen molar-refractivity contribution in [3.05, 3.63) is 29.8 Å². The van der Waals surface area contributed by atoms with Gasteiger partial charge in [-0.2, -0.15) is 0 Å². The molecule has 0 unspecified atom stereocenters. The molecule has 0 aromatic heterocycles. The van der Waals surface area contributed by atoms with Crippen LogP contribution in [0.5, 0.6) is 5.75 Å². The van der Waals surface area contributed by atoms with E-state index in [9.17, 15) is 5.11 Å². The first-order valence-corrected chi connectivity index (χ1v) is 6.32. The maximum Gasteiger partial charge on any atom is 0.115 e. The summed E-state index contributed by atoms with van der Waals surface area (Å²) in [5.74, 6) is 0.366. The lowest BCUT2D eigenvalue weighted by atomic mass is 10.0. The van der Waals surface area contributed by atoms with Crippen molar-refractivity contribution in [1.82, 2.24) is 9.80 Å². The highest BCUT2D eigenvalue weighted by molar-refractivity contribution is 5.27. The number of hydrogen-bond acceptors (Lipinski definition) is 3. The normalized spacial score (nSPS) is 18.8. The molecule has 0 radical (unpaired) electrons. The fourth-order valence-electron chi connectivity index (χ4n) is 2.51. The first-order valence-electron chi connectivity index (χ1n) is 6.32. The third-order valence-electron chi connectivity index (χ3n) is 3.60. The zero-order valence-electron chi connectivity index (χ0n) is 10.8. The average Bonchev–Trinajstić information content (AvgIpc) is 2.29. The highest BCUT2D eigenvalue weighted by Gasteiger charge is 2.20. The lowest BCUT2D eigenvalue weighted by Crippen LogP contribution is -2.41. The van der Waals surface area contributed by atoms with Crippen LogP contribution in [0.4, 0.5) is 0 Å². The number of hydrogen-bond donors (Lipinski definition) is 1. The summed E-state index contributed by atoms with van der Waals surface area (Å²) in [6.45, 7) is 3.26. The number of phenolic OH excluding ortho intramolecular Hbond substituents is 1. The van der Waals surface area contributed by atoms with E-state index in [0.29, 0.717) is 5.75 Å². The van der Waals surface area contributed by atoms with Gasteiger partial charge in [-0.1, -0.05) is 12.1 Å². The smallest absolute Gasteiger partial charge is 0.115 e. The van der Waals surface area contributed by atoms with Crippen molar-refractivity contribution in [2.75, 3.05) is 27.2 Å². The minimum absolute atomic E-state index is 0.366. The summed E-state index contributed by atoms with van der Waals surface area (Å²) in [5.41, 5.74) is 1.20. The van der Waals surface area contributed by atoms with E-state index >= 15 is 0 Å². The molecule has 1 aliphatic heterocycles. The van der Waals surface area contributed by atoms with Crippen LogP contribution < -0.4 is 0 Å². The largest absolute Gasteiger partial charge is 0.508 e. The summed E-state index contributed by atoms with van der Waals surface area (Å²) >= 11 is 0. The van der Waals surface area contributed by atoms with E-state index in [1.54, 1.807) is 6.07 Å². The number of nitrogens with zero attached hydrogens (tertiary/aromatic N) is 2. The molecule has 1 saturated heterocycles. The van der Waals surface area contributed by atoms with Crippen LogP contribution >= 0.6 is 0 Å². The third-order valence-corrected chi connectivity index (χ3v) is 3.60. The molecular weight excluding hydrogens is 212 g/mol. The maximum atomic E-state index is 9.43. The Morgan fingerprint density at radius 3 is 2.59 bits per heavy atom. The third kappa shape index (κ3) is 3.45. The highest BCUT2D eigenvalue weighted by atomic mass is 16.3. The summed E-state index contributed by atoms with van der Waals surface area (Å²) in [6, 6.07) is 8.31. The molecule has 94 valence electrons. The van der Waals surface area contributed by atoms with Crippen LogP contribution in [-0.2, 0) is 6.54 Å². The fourth-order valence-corrected chi connectivity index (χ4v) is 2.51. The first kappa shape index (κ1) is 12.4. The van der Waals surface area contributed by atoms with Gasteiger partial charge < -0.3 is 10.0 Å². The van der Waals surface area contributed by atoms with Gasteiger partial charge >= 0.3 is 0 Å². The van der Waals surface area contributed by atoms with Crippen LogP contribution in [0.25, 0.3) is 0 Å². The molecule has 1 fully saturated rings. The number of piperidine rings is 1. The number of aromatic hydroxyl groups is 1. The molecule has 0 saturated carbocycles. The van der Waals surface area contributed by atoms with Crippen molar-refractivity contribution in [3.63, 3.8) is 0 Å². The van der Waals surface area contributed by atoms with Gasteiger partial charge in [-0.05, 0) is 57.7 Å². The van der Waals surface area contributed by atoms with Gasteiger partial charge in [0.1, 0.15) is 5.75 Å². The van der Waals surface area contributed by atoms with Gasteiger partial charge in [-0.3, -0.25) is 4.90 Å². The second kappa shape index (κ2) is 5.52. The van der Waals surface area contributed by atoms with Crippen LogP contribution in [0.15, 0.2) is 24.3 Å². The summed E-state index contributed by atoms with van der Waals surface area (Å²) < 4.78 is 0. The van der Waals surface area contributed by atoms with Gasteiger partial charge in [0.25, 0.3) is 0 Å². The van der Waals surface area contributed by atoms with Crippen LogP contribution in [0, 0.1) is 0 Å². The molecule has 0 spiro atoms. The second-order valence-corrected chi connectivity index (χ2v) is 5.14. The van der Waals surface area contributed by atoms with E-state index in [4.69, 9.17) is 0 Å². The average molecular weight is 234 g/mol. The Bertz CT molecular complexity index is 357. The zero-order chi connectivity index (χ0) is 12.3. The van der Waals surface area contributed by atoms with Gasteiger partial charge in [-0.15, -0.1) is 0 Å². The molecule has 1 aromatic carbocycles. The van der Waals surface area contributed by atoms with Gasteiger partial charge in [0, 0.05) is 12.6 Å². The lowest BCUT2D eigenvalue weighted by molar-refractivity contribution is 0.140. The molecule has 0 bridgehead atoms. The number of rotatable bonds is 3. The van der Waals surface area contributed by atoms with Crippen molar-refractivity contribution in [3.8, 4) is 5.75 Å². The SMILES string of the molecule is CN(C)C1CCN(Cc2cccc(O)c2)CC1. The monoisotopic (exact) mass is 234 g/mol. The molecule has 1 N–H and O–H groups in total. The van der Waals surface area contributed by atoms with E-state index in [1.807, 2.05) is 12.1 Å². The van der Waals surface area contributed by atoms with Gasteiger partial charge in [0.2, 0.25) is 0 Å². The predicted molar refractivity (Wildman–Crippen MR) is 70.1 cm³/mol. The molecule has 2 rings (SSSR count). The van der Waals surface area contributed by atoms with E-state index in [1.165, 1.54) is 18.4 Å². The van der Waals surface area contributed by atoms with E-state index in [2.05, 4.69) is 30.0 Å². The molecule has 1 aromatic rings. The Labute approximate surface area is 104 Å². The minimum Gasteiger partial charge on any atom is -0.508 e. The Morgan fingerprint density at radius 2 is 2.00 bits per heavy atom. The maximum absolute atomic E-state index is 9.43. The second-order valence-electron chi connectivity index (χ2n) is 5.14. The lowest BCUT2D eigenvalue weighted by Gasteiger charge is -2.35. The van der Waals surface area contributed by atoms with Crippen LogP contribution in [-0.4, -0.2) is 48.1 Å². The van der Waals surface area contributed by atoms with Crippen LogP contribution in [0.3, 0.4) is 0 Å². The molecule has 1 aliphatic rings. The van der Waals surface area contributed by atoms with Gasteiger partial charge in [0.15, 0.2) is 0 Å². The molecule has 0 atom stereocenters. The first-order chi connectivity index (χ1) is 8.15. The number of likely N-dealkylation sites (tertiary alicyclic amines) is 1. The molecule has 3 heteroatoms. The number of benzene rings is 1. The van der Waals surface area contributed by atoms with Crippen LogP contribution in [0.1, 0.15) is 18.4 Å². The van der Waals surface area contributed by atoms with Crippen molar-refractivity contribution >= 4 is 0 Å². The Kier molecular flexibility index (Phi) is 4.02. The van der Waals surface area contributed by atoms with E-state index in [-0.39, 0.29) is 0 Å². The Morgan fingerprint density at radius 1 is 1.29 bits per heavy atom. The fraction of sp³-hybridized carbons (Fsp3) is 0.571. The van der Waals surface area contributed by atoms with Crippen molar-refractivity contribution in [2.45, 2.75) is 25.4 Å². The predicted octanol–water partition coefficient (Wildman–Crippen LogP) is 1.92. The van der Waals surface area contributed by atoms with Gasteiger partial charge in [0.05, 0.1) is 0 Å². The molecule has 0 aliphatic carbocycles. The summed E-state index contributed by atoms with van der Waals surface area (Å²) in [6.07, 6.45) is 2.48. The number of phenols is 1. The molecule has 1 heterocycles. The summed E-state index contributed by atoms with van der Waals surface area (Å²) in [4.78, 5) is 4.79. The Balaban J connectivity index is 1.86. The standard InChI is InChI=1S/C14H22N2O/c1-15(2)13-6-8-16(9-7-13)11-12-4-3-5-14(17)10-12/h3-5,10,13,17H,6-9,11H2,1-2H3. The van der Waals surface area contributed by atoms with E-state index in [0.717, 1.165) is 25.7 Å². The topological polar surface area (TPSA) is 26.7 Å². The van der Waals surface area contributed by atoms with Gasteiger partial charge in [-0.25, -0.2) is 0 Å². The zero-order valence-corrected chi connectivity index (χ0v) is 10.8. The molecule has 17 heavy (non-hydrogen) atoms. The van der Waals surface area contributed by atoms with Crippen molar-refractivity contribution in [1.29, 1.82) is 0 Å². The Hall–Kier alpha value is -1.06. The van der Waals surface area contributed by atoms with Crippen molar-refractivity contribution < 1.29 is 5.11 Å². The highest BCUT2D eigenvalue weighted by Crippen LogP contribution is 2.18. The molecular formula is C14H22N2O. The quantitative estimate of drug-likeness (QED) is 0.865. The van der Waals surface area contributed by atoms with Crippen molar-refractivity contribution in [2.24, 2.45) is 0 Å². The van der Waals surface area contributed by atoms with E-state index < -0.39 is 0 Å².